The van der Waals surface area contributed by atoms with Crippen LogP contribution in [0.15, 0.2) is 30.4 Å². The number of allylic oxidation sites excluding steroid dienone is 1. The highest BCUT2D eigenvalue weighted by molar-refractivity contribution is 7.18. The van der Waals surface area contributed by atoms with Gasteiger partial charge in [0.1, 0.15) is 5.78 Å². The molecule has 2 atom stereocenters. The van der Waals surface area contributed by atoms with Crippen molar-refractivity contribution < 1.29 is 14.4 Å². The number of benzene rings is 1. The van der Waals surface area contributed by atoms with Gasteiger partial charge in [-0.2, -0.15) is 0 Å². The van der Waals surface area contributed by atoms with E-state index in [1.165, 1.54) is 5.56 Å². The summed E-state index contributed by atoms with van der Waals surface area (Å²) in [7, 11) is 3.94. The van der Waals surface area contributed by atoms with E-state index < -0.39 is 5.92 Å². The number of likely N-dealkylation sites (N-methyl/N-ethyl adjacent to an activating group) is 1. The van der Waals surface area contributed by atoms with E-state index in [0.717, 1.165) is 47.5 Å². The lowest BCUT2D eigenvalue weighted by Gasteiger charge is -2.27. The second kappa shape index (κ2) is 14.7. The molecule has 0 saturated heterocycles. The van der Waals surface area contributed by atoms with Gasteiger partial charge in [0.15, 0.2) is 5.78 Å². The molecule has 1 aromatic heterocycles. The summed E-state index contributed by atoms with van der Waals surface area (Å²) in [5, 5.41) is 4.19. The quantitative estimate of drug-likeness (QED) is 0.277. The summed E-state index contributed by atoms with van der Waals surface area (Å²) in [6.45, 7) is 6.92. The Labute approximate surface area is 232 Å². The summed E-state index contributed by atoms with van der Waals surface area (Å²) in [6.07, 6.45) is 10.2. The van der Waals surface area contributed by atoms with Crippen LogP contribution in [0.25, 0.3) is 10.2 Å². The van der Waals surface area contributed by atoms with Crippen molar-refractivity contribution in [3.63, 3.8) is 0 Å². The lowest BCUT2D eigenvalue weighted by molar-refractivity contribution is -0.130. The van der Waals surface area contributed by atoms with Gasteiger partial charge < -0.3 is 10.2 Å². The summed E-state index contributed by atoms with van der Waals surface area (Å²) in [6, 6.07) is 6.31. The van der Waals surface area contributed by atoms with Gasteiger partial charge in [0, 0.05) is 38.3 Å². The third-order valence-corrected chi connectivity index (χ3v) is 8.60. The smallest absolute Gasteiger partial charge is 0.224 e. The molecule has 0 bridgehead atoms. The van der Waals surface area contributed by atoms with Crippen LogP contribution in [0.4, 0.5) is 0 Å². The van der Waals surface area contributed by atoms with Gasteiger partial charge in [-0.05, 0) is 69.0 Å². The number of nitrogens with zero attached hydrogens (tertiary/aromatic N) is 2. The third kappa shape index (κ3) is 9.12. The van der Waals surface area contributed by atoms with E-state index in [1.807, 2.05) is 32.0 Å². The minimum absolute atomic E-state index is 0.0422. The Morgan fingerprint density at radius 1 is 1.18 bits per heavy atom. The zero-order valence-corrected chi connectivity index (χ0v) is 24.6. The fourth-order valence-corrected chi connectivity index (χ4v) is 6.28. The Balaban J connectivity index is 1.72. The fraction of sp³-hybridized carbons (Fsp3) is 0.613. The highest BCUT2D eigenvalue weighted by Gasteiger charge is 2.30. The minimum atomic E-state index is -0.452. The second-order valence-electron chi connectivity index (χ2n) is 11.3. The second-order valence-corrected chi connectivity index (χ2v) is 12.4. The molecule has 1 aromatic carbocycles. The standard InChI is InChI=1S/C31H45N3O3S/c1-6-25(35)18-24(20-30-32-28-15-13-23(21(2)3)19-29(28)38-30)31(37)33-27(22-10-7-8-11-22)16-14-26(36)12-9-17-34(4)5/h9,12-13,15,19,21-22,24,27H,6-8,10-11,14,16-18,20H2,1-5H3,(H,33,37)/b12-9+/t24-,27+/m0/s1. The molecule has 3 rings (SSSR count). The molecule has 6 nitrogen and oxygen atoms in total. The first kappa shape index (κ1) is 30.2. The number of carbonyl (C=O) groups excluding carboxylic acids is 3. The average Bonchev–Trinajstić information content (AvgIpc) is 3.55. The molecule has 1 fully saturated rings. The van der Waals surface area contributed by atoms with Crippen molar-refractivity contribution in [3.8, 4) is 0 Å². The molecule has 1 aliphatic carbocycles. The number of hydrogen-bond donors (Lipinski definition) is 1. The number of Topliss-reactive ketones (excluding diaryl/α,β-unsaturated/α-hetero) is 1. The Morgan fingerprint density at radius 3 is 2.58 bits per heavy atom. The number of nitrogens with one attached hydrogen (secondary N) is 1. The molecule has 0 aliphatic heterocycles. The van der Waals surface area contributed by atoms with Gasteiger partial charge in [0.05, 0.1) is 21.1 Å². The molecular weight excluding hydrogens is 494 g/mol. The van der Waals surface area contributed by atoms with Crippen molar-refractivity contribution in [2.45, 2.75) is 90.5 Å². The van der Waals surface area contributed by atoms with Crippen LogP contribution in [0.2, 0.25) is 0 Å². The van der Waals surface area contributed by atoms with Gasteiger partial charge in [-0.1, -0.05) is 45.8 Å². The van der Waals surface area contributed by atoms with Crippen LogP contribution in [-0.2, 0) is 20.8 Å². The Morgan fingerprint density at radius 2 is 1.92 bits per heavy atom. The number of aromatic nitrogens is 1. The molecule has 1 saturated carbocycles. The fourth-order valence-electron chi connectivity index (χ4n) is 5.18. The van der Waals surface area contributed by atoms with Gasteiger partial charge in [0.25, 0.3) is 0 Å². The molecule has 208 valence electrons. The van der Waals surface area contributed by atoms with Crippen molar-refractivity contribution in [3.05, 3.63) is 40.9 Å². The molecular formula is C31H45N3O3S. The topological polar surface area (TPSA) is 79.4 Å². The number of rotatable bonds is 15. The van der Waals surface area contributed by atoms with Crippen LogP contribution in [-0.4, -0.2) is 54.0 Å². The predicted octanol–water partition coefficient (Wildman–Crippen LogP) is 6.09. The predicted molar refractivity (Wildman–Crippen MR) is 157 cm³/mol. The molecule has 0 radical (unpaired) electrons. The number of amides is 1. The summed E-state index contributed by atoms with van der Waals surface area (Å²) >= 11 is 1.62. The summed E-state index contributed by atoms with van der Waals surface area (Å²) in [5.74, 6) is 0.475. The number of fused-ring (bicyclic) bond motifs is 1. The van der Waals surface area contributed by atoms with E-state index in [-0.39, 0.29) is 29.9 Å². The zero-order valence-electron chi connectivity index (χ0n) is 23.8. The molecule has 0 unspecified atom stereocenters. The molecule has 1 aliphatic rings. The Bertz CT molecular complexity index is 1110. The van der Waals surface area contributed by atoms with E-state index in [2.05, 4.69) is 37.4 Å². The van der Waals surface area contributed by atoms with Crippen molar-refractivity contribution >= 4 is 39.0 Å². The normalized spacial score (nSPS) is 16.1. The maximum Gasteiger partial charge on any atom is 0.224 e. The third-order valence-electron chi connectivity index (χ3n) is 7.56. The van der Waals surface area contributed by atoms with Crippen molar-refractivity contribution in [2.24, 2.45) is 11.8 Å². The average molecular weight is 540 g/mol. The molecule has 38 heavy (non-hydrogen) atoms. The van der Waals surface area contributed by atoms with Gasteiger partial charge >= 0.3 is 0 Å². The summed E-state index contributed by atoms with van der Waals surface area (Å²) in [5.41, 5.74) is 2.22. The number of hydrogen-bond acceptors (Lipinski definition) is 6. The van der Waals surface area contributed by atoms with Gasteiger partial charge in [0.2, 0.25) is 5.91 Å². The van der Waals surface area contributed by atoms with Crippen molar-refractivity contribution in [1.82, 2.24) is 15.2 Å². The SMILES string of the molecule is CCC(=O)C[C@@H](Cc1nc2ccc(C(C)C)cc2s1)C(=O)N[C@H](CCC(=O)/C=C/CN(C)C)C1CCCC1. The van der Waals surface area contributed by atoms with E-state index in [9.17, 15) is 14.4 Å². The number of ketones is 2. The molecule has 7 heteroatoms. The van der Waals surface area contributed by atoms with Gasteiger partial charge in [-0.15, -0.1) is 11.3 Å². The van der Waals surface area contributed by atoms with Crippen LogP contribution in [0.1, 0.15) is 88.6 Å². The number of thiazole rings is 1. The van der Waals surface area contributed by atoms with Crippen molar-refractivity contribution in [2.75, 3.05) is 20.6 Å². The molecule has 2 aromatic rings. The highest BCUT2D eigenvalue weighted by atomic mass is 32.1. The number of carbonyl (C=O) groups is 3. The van der Waals surface area contributed by atoms with Gasteiger partial charge in [-0.3, -0.25) is 14.4 Å². The minimum Gasteiger partial charge on any atom is -0.353 e. The Kier molecular flexibility index (Phi) is 11.7. The van der Waals surface area contributed by atoms with E-state index in [0.29, 0.717) is 37.5 Å². The first-order valence-corrected chi connectivity index (χ1v) is 15.0. The summed E-state index contributed by atoms with van der Waals surface area (Å²) in [4.78, 5) is 45.4. The highest BCUT2D eigenvalue weighted by Crippen LogP contribution is 2.31. The maximum atomic E-state index is 13.6. The Hall–Kier alpha value is -2.38. The first-order valence-electron chi connectivity index (χ1n) is 14.2. The van der Waals surface area contributed by atoms with Crippen LogP contribution < -0.4 is 5.32 Å². The monoisotopic (exact) mass is 539 g/mol. The lowest BCUT2D eigenvalue weighted by Crippen LogP contribution is -2.44. The van der Waals surface area contributed by atoms with Crippen LogP contribution in [0.3, 0.4) is 0 Å². The molecule has 1 amide bonds. The molecule has 1 heterocycles. The lowest BCUT2D eigenvalue weighted by atomic mass is 9.91. The van der Waals surface area contributed by atoms with Gasteiger partial charge in [-0.25, -0.2) is 4.98 Å². The van der Waals surface area contributed by atoms with E-state index in [4.69, 9.17) is 4.98 Å². The summed E-state index contributed by atoms with van der Waals surface area (Å²) < 4.78 is 1.12. The van der Waals surface area contributed by atoms with Crippen LogP contribution >= 0.6 is 11.3 Å². The first-order chi connectivity index (χ1) is 18.2. The molecule has 0 spiro atoms. The van der Waals surface area contributed by atoms with Crippen LogP contribution in [0.5, 0.6) is 0 Å². The van der Waals surface area contributed by atoms with Crippen molar-refractivity contribution in [1.29, 1.82) is 0 Å². The maximum absolute atomic E-state index is 13.6. The van der Waals surface area contributed by atoms with Crippen LogP contribution in [0, 0.1) is 11.8 Å². The largest absolute Gasteiger partial charge is 0.353 e. The zero-order chi connectivity index (χ0) is 27.7. The molecule has 1 N–H and O–H groups in total. The van der Waals surface area contributed by atoms with E-state index >= 15 is 0 Å². The van der Waals surface area contributed by atoms with E-state index in [1.54, 1.807) is 17.4 Å².